The molecule has 3 heteroatoms. The third kappa shape index (κ3) is 3.82. The van der Waals surface area contributed by atoms with Gasteiger partial charge < -0.3 is 5.32 Å². The van der Waals surface area contributed by atoms with Gasteiger partial charge in [-0.3, -0.25) is 0 Å². The van der Waals surface area contributed by atoms with Gasteiger partial charge in [-0.05, 0) is 65.7 Å². The van der Waals surface area contributed by atoms with Crippen LogP contribution in [0.2, 0.25) is 0 Å². The molecule has 1 heterocycles. The van der Waals surface area contributed by atoms with Crippen LogP contribution in [0.3, 0.4) is 0 Å². The predicted molar refractivity (Wildman–Crippen MR) is 84.2 cm³/mol. The van der Waals surface area contributed by atoms with Crippen LogP contribution in [-0.2, 0) is 0 Å². The fourth-order valence-corrected chi connectivity index (χ4v) is 4.51. The van der Waals surface area contributed by atoms with E-state index in [0.717, 1.165) is 18.4 Å². The summed E-state index contributed by atoms with van der Waals surface area (Å²) in [6.07, 6.45) is 6.80. The first-order chi connectivity index (χ1) is 8.70. The summed E-state index contributed by atoms with van der Waals surface area (Å²) in [5, 5.41) is 3.77. The lowest BCUT2D eigenvalue weighted by atomic mass is 9.79. The summed E-state index contributed by atoms with van der Waals surface area (Å²) >= 11 is 5.49. The van der Waals surface area contributed by atoms with Crippen molar-refractivity contribution in [2.45, 2.75) is 52.0 Å². The maximum atomic E-state index is 3.77. The van der Waals surface area contributed by atoms with Crippen LogP contribution in [0.5, 0.6) is 0 Å². The zero-order valence-corrected chi connectivity index (χ0v) is 13.8. The van der Waals surface area contributed by atoms with Crippen molar-refractivity contribution in [3.05, 3.63) is 20.8 Å². The molecule has 1 atom stereocenters. The summed E-state index contributed by atoms with van der Waals surface area (Å²) in [6.45, 7) is 5.77. The zero-order valence-electron chi connectivity index (χ0n) is 11.4. The fourth-order valence-electron chi connectivity index (χ4n) is 2.91. The van der Waals surface area contributed by atoms with E-state index >= 15 is 0 Å². The third-order valence-electron chi connectivity index (χ3n) is 4.05. The van der Waals surface area contributed by atoms with Crippen LogP contribution in [0, 0.1) is 11.8 Å². The Kier molecular flexibility index (Phi) is 5.71. The molecule has 1 unspecified atom stereocenters. The average molecular weight is 330 g/mol. The Morgan fingerprint density at radius 3 is 2.61 bits per heavy atom. The lowest BCUT2D eigenvalue weighted by Crippen LogP contribution is -2.30. The highest BCUT2D eigenvalue weighted by Gasteiger charge is 2.27. The number of thiophene rings is 1. The molecule has 2 rings (SSSR count). The summed E-state index contributed by atoms with van der Waals surface area (Å²) < 4.78 is 1.25. The molecule has 0 aromatic carbocycles. The smallest absolute Gasteiger partial charge is 0.0701 e. The highest BCUT2D eigenvalue weighted by Crippen LogP contribution is 2.39. The van der Waals surface area contributed by atoms with Gasteiger partial charge in [0.2, 0.25) is 0 Å². The van der Waals surface area contributed by atoms with Crippen LogP contribution >= 0.6 is 27.3 Å². The third-order valence-corrected chi connectivity index (χ3v) is 5.75. The van der Waals surface area contributed by atoms with Crippen LogP contribution in [-0.4, -0.2) is 6.54 Å². The van der Waals surface area contributed by atoms with E-state index in [1.165, 1.54) is 40.8 Å². The first-order valence-electron chi connectivity index (χ1n) is 7.19. The molecule has 0 bridgehead atoms. The van der Waals surface area contributed by atoms with Crippen molar-refractivity contribution in [2.24, 2.45) is 11.8 Å². The Hall–Kier alpha value is 0.140. The monoisotopic (exact) mass is 329 g/mol. The summed E-state index contributed by atoms with van der Waals surface area (Å²) in [4.78, 5) is 1.51. The van der Waals surface area contributed by atoms with Gasteiger partial charge in [0.1, 0.15) is 0 Å². The molecular weight excluding hydrogens is 306 g/mol. The Balaban J connectivity index is 2.04. The van der Waals surface area contributed by atoms with Gasteiger partial charge in [-0.25, -0.2) is 0 Å². The zero-order chi connectivity index (χ0) is 13.0. The maximum Gasteiger partial charge on any atom is 0.0701 e. The Morgan fingerprint density at radius 1 is 1.33 bits per heavy atom. The van der Waals surface area contributed by atoms with Gasteiger partial charge in [0.25, 0.3) is 0 Å². The molecular formula is C15H24BrNS. The molecule has 1 aromatic heterocycles. The molecule has 1 nitrogen and oxygen atoms in total. The van der Waals surface area contributed by atoms with Crippen molar-refractivity contribution in [3.8, 4) is 0 Å². The van der Waals surface area contributed by atoms with Crippen molar-refractivity contribution >= 4 is 27.3 Å². The first-order valence-corrected chi connectivity index (χ1v) is 8.80. The lowest BCUT2D eigenvalue weighted by molar-refractivity contribution is 0.233. The number of hydrogen-bond donors (Lipinski definition) is 1. The fraction of sp³-hybridized carbons (Fsp3) is 0.733. The van der Waals surface area contributed by atoms with Crippen molar-refractivity contribution in [1.82, 2.24) is 5.32 Å². The minimum atomic E-state index is 0.578. The van der Waals surface area contributed by atoms with Crippen molar-refractivity contribution < 1.29 is 0 Å². The Labute approximate surface area is 123 Å². The highest BCUT2D eigenvalue weighted by molar-refractivity contribution is 9.11. The van der Waals surface area contributed by atoms with Gasteiger partial charge in [-0.2, -0.15) is 0 Å². The summed E-state index contributed by atoms with van der Waals surface area (Å²) in [5.74, 6) is 1.77. The molecule has 0 spiro atoms. The standard InChI is InChI=1S/C15H24BrNS/c1-3-10-17-15(13-8-9-14(16)18-13)12-6-4-11(2)5-7-12/h8-9,11-12,15,17H,3-7,10H2,1-2H3. The molecule has 1 aromatic rings. The van der Waals surface area contributed by atoms with E-state index in [4.69, 9.17) is 0 Å². The van der Waals surface area contributed by atoms with Crippen LogP contribution in [0.15, 0.2) is 15.9 Å². The molecule has 18 heavy (non-hydrogen) atoms. The Morgan fingerprint density at radius 2 is 2.06 bits per heavy atom. The largest absolute Gasteiger partial charge is 0.309 e. The molecule has 1 saturated carbocycles. The van der Waals surface area contributed by atoms with Crippen LogP contribution < -0.4 is 5.32 Å². The molecule has 0 saturated heterocycles. The number of halogens is 1. The second-order valence-corrected chi connectivity index (χ2v) is 8.09. The van der Waals surface area contributed by atoms with Gasteiger partial charge in [-0.1, -0.05) is 26.7 Å². The van der Waals surface area contributed by atoms with E-state index in [2.05, 4.69) is 47.2 Å². The second-order valence-electron chi connectivity index (χ2n) is 5.59. The van der Waals surface area contributed by atoms with E-state index in [1.54, 1.807) is 0 Å². The van der Waals surface area contributed by atoms with Crippen LogP contribution in [0.1, 0.15) is 56.9 Å². The van der Waals surface area contributed by atoms with Gasteiger partial charge in [0.05, 0.1) is 3.79 Å². The molecule has 1 aliphatic rings. The van der Waals surface area contributed by atoms with Crippen LogP contribution in [0.4, 0.5) is 0 Å². The van der Waals surface area contributed by atoms with Gasteiger partial charge in [0.15, 0.2) is 0 Å². The highest BCUT2D eigenvalue weighted by atomic mass is 79.9. The lowest BCUT2D eigenvalue weighted by Gasteiger charge is -2.33. The quantitative estimate of drug-likeness (QED) is 0.764. The average Bonchev–Trinajstić information content (AvgIpc) is 2.78. The molecule has 0 aliphatic heterocycles. The molecule has 1 aliphatic carbocycles. The topological polar surface area (TPSA) is 12.0 Å². The van der Waals surface area contributed by atoms with E-state index in [1.807, 2.05) is 11.3 Å². The molecule has 1 fully saturated rings. The van der Waals surface area contributed by atoms with E-state index in [9.17, 15) is 0 Å². The van der Waals surface area contributed by atoms with E-state index in [-0.39, 0.29) is 0 Å². The first kappa shape index (κ1) is 14.5. The summed E-state index contributed by atoms with van der Waals surface area (Å²) in [6, 6.07) is 5.06. The Bertz CT molecular complexity index is 355. The minimum Gasteiger partial charge on any atom is -0.309 e. The predicted octanol–water partition coefficient (Wildman–Crippen LogP) is 5.38. The summed E-state index contributed by atoms with van der Waals surface area (Å²) in [5.41, 5.74) is 0. The summed E-state index contributed by atoms with van der Waals surface area (Å²) in [7, 11) is 0. The second kappa shape index (κ2) is 7.06. The molecule has 0 radical (unpaired) electrons. The van der Waals surface area contributed by atoms with Crippen molar-refractivity contribution in [3.63, 3.8) is 0 Å². The maximum absolute atomic E-state index is 3.77. The molecule has 1 N–H and O–H groups in total. The SMILES string of the molecule is CCCNC(c1ccc(Br)s1)C1CCC(C)CC1. The number of nitrogens with one attached hydrogen (secondary N) is 1. The number of hydrogen-bond acceptors (Lipinski definition) is 2. The van der Waals surface area contributed by atoms with Crippen molar-refractivity contribution in [2.75, 3.05) is 6.54 Å². The molecule has 102 valence electrons. The van der Waals surface area contributed by atoms with E-state index in [0.29, 0.717) is 6.04 Å². The van der Waals surface area contributed by atoms with E-state index < -0.39 is 0 Å². The van der Waals surface area contributed by atoms with Crippen molar-refractivity contribution in [1.29, 1.82) is 0 Å². The normalized spacial score (nSPS) is 26.2. The van der Waals surface area contributed by atoms with Gasteiger partial charge in [-0.15, -0.1) is 11.3 Å². The molecule has 0 amide bonds. The van der Waals surface area contributed by atoms with Crippen LogP contribution in [0.25, 0.3) is 0 Å². The minimum absolute atomic E-state index is 0.578. The number of rotatable bonds is 5. The van der Waals surface area contributed by atoms with Gasteiger partial charge >= 0.3 is 0 Å². The van der Waals surface area contributed by atoms with Gasteiger partial charge in [0, 0.05) is 10.9 Å².